The molecular formula is C42H26IrN4+. The summed E-state index contributed by atoms with van der Waals surface area (Å²) in [4.78, 5) is 4.22. The number of nitrogens with zero attached hydrogens (tertiary/aromatic N) is 4. The van der Waals surface area contributed by atoms with Crippen LogP contribution in [0.4, 0.5) is 0 Å². The van der Waals surface area contributed by atoms with Gasteiger partial charge in [0.1, 0.15) is 0 Å². The van der Waals surface area contributed by atoms with Crippen LogP contribution in [0.5, 0.6) is 0 Å². The fourth-order valence-corrected chi connectivity index (χ4v) is 6.57. The van der Waals surface area contributed by atoms with E-state index in [2.05, 4.69) is 140 Å². The number of para-hydroxylation sites is 5. The van der Waals surface area contributed by atoms with Gasteiger partial charge in [0.25, 0.3) is 6.33 Å². The van der Waals surface area contributed by atoms with Gasteiger partial charge in [-0.15, -0.1) is 47.3 Å². The average Bonchev–Trinajstić information content (AvgIpc) is 3.80. The Labute approximate surface area is 285 Å². The molecule has 5 heteroatoms. The zero-order valence-electron chi connectivity index (χ0n) is 25.1. The van der Waals surface area contributed by atoms with Gasteiger partial charge in [-0.3, -0.25) is 4.57 Å². The second-order valence-electron chi connectivity index (χ2n) is 11.3. The van der Waals surface area contributed by atoms with Gasteiger partial charge < -0.3 is 14.0 Å². The van der Waals surface area contributed by atoms with Gasteiger partial charge in [0, 0.05) is 28.0 Å². The first-order chi connectivity index (χ1) is 22.8. The van der Waals surface area contributed by atoms with Crippen molar-refractivity contribution >= 4 is 49.1 Å². The van der Waals surface area contributed by atoms with E-state index in [9.17, 15) is 0 Å². The Kier molecular flexibility index (Phi) is 7.34. The molecule has 10 aromatic rings. The van der Waals surface area contributed by atoms with Crippen LogP contribution in [-0.4, -0.2) is 14.0 Å². The number of aromatic nitrogens is 4. The van der Waals surface area contributed by atoms with Crippen LogP contribution in [0.3, 0.4) is 0 Å². The summed E-state index contributed by atoms with van der Waals surface area (Å²) in [7, 11) is 0. The fourth-order valence-electron chi connectivity index (χ4n) is 6.57. The molecule has 0 aliphatic heterocycles. The Morgan fingerprint density at radius 2 is 1.30 bits per heavy atom. The maximum absolute atomic E-state index is 4.22. The molecule has 10 rings (SSSR count). The van der Waals surface area contributed by atoms with Crippen molar-refractivity contribution in [3.8, 4) is 22.6 Å². The Morgan fingerprint density at radius 1 is 0.574 bits per heavy atom. The predicted molar refractivity (Wildman–Crippen MR) is 186 cm³/mol. The molecule has 0 saturated carbocycles. The average molecular weight is 779 g/mol. The van der Waals surface area contributed by atoms with E-state index in [-0.39, 0.29) is 20.1 Å². The molecule has 0 unspecified atom stereocenters. The third-order valence-electron chi connectivity index (χ3n) is 8.61. The van der Waals surface area contributed by atoms with E-state index in [0.29, 0.717) is 0 Å². The van der Waals surface area contributed by atoms with Gasteiger partial charge in [-0.1, -0.05) is 96.5 Å². The van der Waals surface area contributed by atoms with E-state index in [0.717, 1.165) is 33.7 Å². The molecule has 47 heavy (non-hydrogen) atoms. The van der Waals surface area contributed by atoms with Crippen molar-refractivity contribution in [3.05, 3.63) is 176 Å². The van der Waals surface area contributed by atoms with Crippen molar-refractivity contribution < 1.29 is 24.7 Å². The van der Waals surface area contributed by atoms with E-state index in [1.807, 2.05) is 48.5 Å². The van der Waals surface area contributed by atoms with Gasteiger partial charge in [-0.05, 0) is 41.0 Å². The fraction of sp³-hybridized carbons (Fsp3) is 0. The number of benzene rings is 6. The molecule has 0 amide bonds. The Balaban J connectivity index is 0.000000212. The second kappa shape index (κ2) is 12.0. The molecule has 0 radical (unpaired) electrons. The smallest absolute Gasteiger partial charge is 0.363 e. The summed E-state index contributed by atoms with van der Waals surface area (Å²) in [6, 6.07) is 58.9. The van der Waals surface area contributed by atoms with Crippen molar-refractivity contribution in [2.24, 2.45) is 0 Å². The molecule has 0 atom stereocenters. The summed E-state index contributed by atoms with van der Waals surface area (Å²) in [6.07, 6.45) is 5.37. The minimum atomic E-state index is 0. The molecule has 0 N–H and O–H groups in total. The van der Waals surface area contributed by atoms with Crippen molar-refractivity contribution in [1.82, 2.24) is 14.0 Å². The van der Waals surface area contributed by atoms with Crippen LogP contribution >= 0.6 is 0 Å². The molecule has 4 nitrogen and oxygen atoms in total. The molecule has 0 fully saturated rings. The normalized spacial score (nSPS) is 11.2. The summed E-state index contributed by atoms with van der Waals surface area (Å²) in [5, 5.41) is 5.09. The number of hydrogen-bond acceptors (Lipinski definition) is 1. The molecule has 4 heterocycles. The number of pyridine rings is 1. The first-order valence-electron chi connectivity index (χ1n) is 15.3. The van der Waals surface area contributed by atoms with Crippen LogP contribution in [0.1, 0.15) is 0 Å². The zero-order valence-corrected chi connectivity index (χ0v) is 27.5. The van der Waals surface area contributed by atoms with Gasteiger partial charge in [0.15, 0.2) is 0 Å². The van der Waals surface area contributed by atoms with Gasteiger partial charge in [0.2, 0.25) is 0 Å². The van der Waals surface area contributed by atoms with E-state index in [4.69, 9.17) is 0 Å². The van der Waals surface area contributed by atoms with E-state index < -0.39 is 0 Å². The zero-order chi connectivity index (χ0) is 30.5. The summed E-state index contributed by atoms with van der Waals surface area (Å²) in [5.41, 5.74) is 10.0. The maximum atomic E-state index is 4.22. The van der Waals surface area contributed by atoms with E-state index in [1.165, 1.54) is 38.1 Å². The van der Waals surface area contributed by atoms with Crippen LogP contribution < -0.4 is 4.57 Å². The largest absolute Gasteiger partial charge is 3.00 e. The van der Waals surface area contributed by atoms with Crippen LogP contribution in [0, 0.1) is 18.5 Å². The third-order valence-corrected chi connectivity index (χ3v) is 8.61. The third kappa shape index (κ3) is 4.80. The summed E-state index contributed by atoms with van der Waals surface area (Å²) < 4.78 is 6.62. The van der Waals surface area contributed by atoms with Crippen molar-refractivity contribution in [2.75, 3.05) is 0 Å². The summed E-state index contributed by atoms with van der Waals surface area (Å²) in [6.45, 7) is 0. The first-order valence-corrected chi connectivity index (χ1v) is 15.3. The van der Waals surface area contributed by atoms with Crippen molar-refractivity contribution in [3.63, 3.8) is 0 Å². The minimum absolute atomic E-state index is 0. The summed E-state index contributed by atoms with van der Waals surface area (Å²) in [5.74, 6) is 0. The molecule has 222 valence electrons. The van der Waals surface area contributed by atoms with Gasteiger partial charge in [-0.2, -0.15) is 12.1 Å². The van der Waals surface area contributed by atoms with Gasteiger partial charge in [-0.25, -0.2) is 0 Å². The number of fused-ring (bicyclic) bond motifs is 7. The molecule has 0 saturated heterocycles. The molecule has 0 spiro atoms. The Bertz CT molecular complexity index is 2590. The molecule has 0 aliphatic rings. The molecule has 6 aromatic carbocycles. The monoisotopic (exact) mass is 779 g/mol. The first kappa shape index (κ1) is 28.8. The van der Waals surface area contributed by atoms with Gasteiger partial charge >= 0.3 is 20.1 Å². The quantitative estimate of drug-likeness (QED) is 0.130. The second-order valence-corrected chi connectivity index (χ2v) is 11.3. The molecular weight excluding hydrogens is 753 g/mol. The molecule has 0 aliphatic carbocycles. The topological polar surface area (TPSA) is 26.1 Å². The molecule has 4 aromatic heterocycles. The Morgan fingerprint density at radius 3 is 2.11 bits per heavy atom. The van der Waals surface area contributed by atoms with Gasteiger partial charge in [0.05, 0.1) is 16.7 Å². The SMILES string of the molecule is [Ir+3].[c-]1cc2c(cc1-n1[c-][n+](-c3ccccc3)c3ccccc31)c1cccc3c4ccccc4n2c13.[c-]1ccccc1-c1ccccn1. The summed E-state index contributed by atoms with van der Waals surface area (Å²) >= 11 is 0. The number of rotatable bonds is 3. The predicted octanol–water partition coefficient (Wildman–Crippen LogP) is 9.20. The standard InChI is InChI=1S/C31H18N3.C11H8N.Ir/c1-2-9-21(10-3-1)32-20-33(30-16-7-6-15-29(30)32)22-17-18-28-26(19-22)25-13-8-12-24-23-11-4-5-14-27(23)34(28)31(24)25;1-2-6-10(7-3-1)11-8-4-5-9-12-11;/h1-16,18-19H;1-6,8-9H;/q2*-1;+3. The number of hydrogen-bond donors (Lipinski definition) is 0. The minimum Gasteiger partial charge on any atom is -0.363 e. The molecule has 0 bridgehead atoms. The number of imidazole rings is 1. The van der Waals surface area contributed by atoms with Crippen molar-refractivity contribution in [1.29, 1.82) is 0 Å². The van der Waals surface area contributed by atoms with Crippen LogP contribution in [0.15, 0.2) is 158 Å². The van der Waals surface area contributed by atoms with Crippen LogP contribution in [0.2, 0.25) is 0 Å². The maximum Gasteiger partial charge on any atom is 3.00 e. The Hall–Kier alpha value is -5.61. The van der Waals surface area contributed by atoms with E-state index in [1.54, 1.807) is 6.20 Å². The van der Waals surface area contributed by atoms with Crippen LogP contribution in [-0.2, 0) is 20.1 Å². The van der Waals surface area contributed by atoms with Crippen LogP contribution in [0.25, 0.3) is 71.8 Å². The van der Waals surface area contributed by atoms with E-state index >= 15 is 0 Å². The van der Waals surface area contributed by atoms with Crippen molar-refractivity contribution in [2.45, 2.75) is 0 Å².